The van der Waals surface area contributed by atoms with E-state index in [1.54, 1.807) is 24.3 Å². The van der Waals surface area contributed by atoms with E-state index in [0.29, 0.717) is 36.0 Å². The fraction of sp³-hybridized carbons (Fsp3) is 0.200. The number of ether oxygens (including phenoxy) is 3. The van der Waals surface area contributed by atoms with Gasteiger partial charge in [0.15, 0.2) is 5.11 Å². The molecule has 0 bridgehead atoms. The molecule has 0 unspecified atom stereocenters. The molecule has 7 heteroatoms. The van der Waals surface area contributed by atoms with Crippen LogP contribution < -0.4 is 24.8 Å². The van der Waals surface area contributed by atoms with Gasteiger partial charge in [0.25, 0.3) is 5.91 Å². The van der Waals surface area contributed by atoms with Crippen LogP contribution in [0.1, 0.15) is 24.2 Å². The molecule has 6 nitrogen and oxygen atoms in total. The van der Waals surface area contributed by atoms with Gasteiger partial charge in [-0.25, -0.2) is 0 Å². The summed E-state index contributed by atoms with van der Waals surface area (Å²) in [5, 5.41) is 5.87. The first-order valence-corrected chi connectivity index (χ1v) is 10.7. The molecule has 0 aliphatic carbocycles. The zero-order chi connectivity index (χ0) is 22.8. The van der Waals surface area contributed by atoms with Crippen LogP contribution in [-0.2, 0) is 0 Å². The second-order valence-electron chi connectivity index (χ2n) is 7.14. The van der Waals surface area contributed by atoms with Crippen LogP contribution in [0, 0.1) is 0 Å². The molecule has 0 spiro atoms. The van der Waals surface area contributed by atoms with Gasteiger partial charge in [0.1, 0.15) is 30.5 Å². The van der Waals surface area contributed by atoms with Gasteiger partial charge < -0.3 is 19.5 Å². The molecular weight excluding hydrogens is 424 g/mol. The number of carbonyl (C=O) groups excluding carboxylic acids is 1. The number of hydrogen-bond donors (Lipinski definition) is 2. The number of rotatable bonds is 9. The molecule has 32 heavy (non-hydrogen) atoms. The molecule has 1 amide bonds. The zero-order valence-electron chi connectivity index (χ0n) is 18.0. The van der Waals surface area contributed by atoms with Crippen LogP contribution in [-0.4, -0.2) is 30.3 Å². The van der Waals surface area contributed by atoms with Gasteiger partial charge in [-0.1, -0.05) is 30.3 Å². The van der Waals surface area contributed by atoms with E-state index in [9.17, 15) is 4.79 Å². The minimum absolute atomic E-state index is 0.0236. The maximum Gasteiger partial charge on any atom is 0.257 e. The first-order chi connectivity index (χ1) is 15.5. The van der Waals surface area contributed by atoms with Crippen LogP contribution in [0.2, 0.25) is 0 Å². The first-order valence-electron chi connectivity index (χ1n) is 10.3. The van der Waals surface area contributed by atoms with Gasteiger partial charge in [0.2, 0.25) is 0 Å². The Morgan fingerprint density at radius 2 is 1.50 bits per heavy atom. The Morgan fingerprint density at radius 1 is 0.844 bits per heavy atom. The zero-order valence-corrected chi connectivity index (χ0v) is 18.9. The third kappa shape index (κ3) is 7.59. The first kappa shape index (κ1) is 23.1. The maximum atomic E-state index is 12.5. The monoisotopic (exact) mass is 450 g/mol. The average molecular weight is 451 g/mol. The molecule has 166 valence electrons. The van der Waals surface area contributed by atoms with Crippen molar-refractivity contribution >= 4 is 28.9 Å². The summed E-state index contributed by atoms with van der Waals surface area (Å²) in [4.78, 5) is 12.5. The normalized spacial score (nSPS) is 10.3. The Morgan fingerprint density at radius 3 is 2.25 bits per heavy atom. The van der Waals surface area contributed by atoms with Crippen molar-refractivity contribution in [2.75, 3.05) is 18.5 Å². The molecule has 0 aliphatic heterocycles. The quantitative estimate of drug-likeness (QED) is 0.351. The molecule has 0 atom stereocenters. The highest BCUT2D eigenvalue weighted by Crippen LogP contribution is 2.18. The van der Waals surface area contributed by atoms with Crippen molar-refractivity contribution in [1.82, 2.24) is 5.32 Å². The van der Waals surface area contributed by atoms with E-state index in [4.69, 9.17) is 26.4 Å². The standard InChI is InChI=1S/C25H26N2O4S/c1-18(2)31-23-13-6-8-19(16-23)24(28)27-25(32)26-20-9-7-12-22(17-20)30-15-14-29-21-10-4-3-5-11-21/h3-13,16-18H,14-15H2,1-2H3,(H2,26,27,28,32). The third-order valence-corrected chi connectivity index (χ3v) is 4.36. The Balaban J connectivity index is 1.48. The van der Waals surface area contributed by atoms with E-state index in [0.717, 1.165) is 5.75 Å². The van der Waals surface area contributed by atoms with Crippen LogP contribution in [0.25, 0.3) is 0 Å². The van der Waals surface area contributed by atoms with Gasteiger partial charge in [-0.05, 0) is 68.5 Å². The summed E-state index contributed by atoms with van der Waals surface area (Å²) in [7, 11) is 0. The summed E-state index contributed by atoms with van der Waals surface area (Å²) >= 11 is 5.28. The number of amides is 1. The SMILES string of the molecule is CC(C)Oc1cccc(C(=O)NC(=S)Nc2cccc(OCCOc3ccccc3)c2)c1. The summed E-state index contributed by atoms with van der Waals surface area (Å²) in [5.74, 6) is 1.78. The van der Waals surface area contributed by atoms with Gasteiger partial charge in [-0.2, -0.15) is 0 Å². The van der Waals surface area contributed by atoms with Crippen molar-refractivity contribution in [3.63, 3.8) is 0 Å². The molecule has 2 N–H and O–H groups in total. The van der Waals surface area contributed by atoms with Crippen LogP contribution >= 0.6 is 12.2 Å². The summed E-state index contributed by atoms with van der Waals surface area (Å²) in [6.45, 7) is 4.68. The van der Waals surface area contributed by atoms with Gasteiger partial charge in [-0.3, -0.25) is 10.1 Å². The number of carbonyl (C=O) groups is 1. The number of anilines is 1. The largest absolute Gasteiger partial charge is 0.491 e. The molecule has 0 fully saturated rings. The van der Waals surface area contributed by atoms with Crippen molar-refractivity contribution in [2.45, 2.75) is 20.0 Å². The van der Waals surface area contributed by atoms with Crippen molar-refractivity contribution < 1.29 is 19.0 Å². The molecule has 0 radical (unpaired) electrons. The molecule has 0 heterocycles. The molecular formula is C25H26N2O4S. The minimum atomic E-state index is -0.317. The highest BCUT2D eigenvalue weighted by atomic mass is 32.1. The van der Waals surface area contributed by atoms with Crippen molar-refractivity contribution in [3.05, 3.63) is 84.4 Å². The summed E-state index contributed by atoms with van der Waals surface area (Å²) in [6, 6.07) is 23.9. The fourth-order valence-electron chi connectivity index (χ4n) is 2.82. The van der Waals surface area contributed by atoms with E-state index in [1.807, 2.05) is 68.4 Å². The number of para-hydroxylation sites is 1. The lowest BCUT2D eigenvalue weighted by atomic mass is 10.2. The van der Waals surface area contributed by atoms with E-state index in [2.05, 4.69) is 10.6 Å². The molecule has 0 saturated heterocycles. The van der Waals surface area contributed by atoms with Crippen LogP contribution in [0.15, 0.2) is 78.9 Å². The predicted molar refractivity (Wildman–Crippen MR) is 130 cm³/mol. The smallest absolute Gasteiger partial charge is 0.257 e. The lowest BCUT2D eigenvalue weighted by Crippen LogP contribution is -2.34. The van der Waals surface area contributed by atoms with Crippen molar-refractivity contribution in [2.24, 2.45) is 0 Å². The molecule has 3 rings (SSSR count). The van der Waals surface area contributed by atoms with Crippen LogP contribution in [0.4, 0.5) is 5.69 Å². The van der Waals surface area contributed by atoms with Gasteiger partial charge in [0, 0.05) is 17.3 Å². The minimum Gasteiger partial charge on any atom is -0.491 e. The van der Waals surface area contributed by atoms with Gasteiger partial charge in [-0.15, -0.1) is 0 Å². The Bertz CT molecular complexity index is 1040. The molecule has 0 aromatic heterocycles. The molecule has 3 aromatic carbocycles. The lowest BCUT2D eigenvalue weighted by molar-refractivity contribution is 0.0977. The second kappa shape index (κ2) is 11.7. The third-order valence-electron chi connectivity index (χ3n) is 4.15. The molecule has 3 aromatic rings. The average Bonchev–Trinajstić information content (AvgIpc) is 2.77. The number of thiocarbonyl (C=S) groups is 1. The highest BCUT2D eigenvalue weighted by molar-refractivity contribution is 7.80. The number of benzene rings is 3. The van der Waals surface area contributed by atoms with Gasteiger partial charge >= 0.3 is 0 Å². The summed E-state index contributed by atoms with van der Waals surface area (Å²) in [5.41, 5.74) is 1.16. The topological polar surface area (TPSA) is 68.8 Å². The molecule has 0 aliphatic rings. The lowest BCUT2D eigenvalue weighted by Gasteiger charge is -2.13. The van der Waals surface area contributed by atoms with Gasteiger partial charge in [0.05, 0.1) is 6.10 Å². The van der Waals surface area contributed by atoms with Crippen LogP contribution in [0.5, 0.6) is 17.2 Å². The Hall–Kier alpha value is -3.58. The molecule has 0 saturated carbocycles. The summed E-state index contributed by atoms with van der Waals surface area (Å²) < 4.78 is 17.0. The van der Waals surface area contributed by atoms with Crippen molar-refractivity contribution in [3.8, 4) is 17.2 Å². The maximum absolute atomic E-state index is 12.5. The Kier molecular flexibility index (Phi) is 8.45. The number of hydrogen-bond acceptors (Lipinski definition) is 5. The van der Waals surface area contributed by atoms with E-state index >= 15 is 0 Å². The second-order valence-corrected chi connectivity index (χ2v) is 7.55. The highest BCUT2D eigenvalue weighted by Gasteiger charge is 2.10. The fourth-order valence-corrected chi connectivity index (χ4v) is 3.03. The van der Waals surface area contributed by atoms with E-state index < -0.39 is 0 Å². The van der Waals surface area contributed by atoms with Crippen molar-refractivity contribution in [1.29, 1.82) is 0 Å². The van der Waals surface area contributed by atoms with E-state index in [1.165, 1.54) is 0 Å². The number of nitrogens with one attached hydrogen (secondary N) is 2. The summed E-state index contributed by atoms with van der Waals surface area (Å²) in [6.07, 6.45) is 0.0236. The Labute approximate surface area is 193 Å². The van der Waals surface area contributed by atoms with Crippen LogP contribution in [0.3, 0.4) is 0 Å². The van der Waals surface area contributed by atoms with E-state index in [-0.39, 0.29) is 17.1 Å². The predicted octanol–water partition coefficient (Wildman–Crippen LogP) is 5.06.